The van der Waals surface area contributed by atoms with Crippen molar-refractivity contribution >= 4 is 10.9 Å². The minimum atomic E-state index is 0.109. The number of hydrogen-bond acceptors (Lipinski definition) is 5. The molecule has 2 aromatic heterocycles. The van der Waals surface area contributed by atoms with Crippen LogP contribution in [0.2, 0.25) is 0 Å². The smallest absolute Gasteiger partial charge is 0.252 e. The van der Waals surface area contributed by atoms with Gasteiger partial charge in [0.05, 0.1) is 5.52 Å². The second-order valence-electron chi connectivity index (χ2n) is 3.99. The lowest BCUT2D eigenvalue weighted by atomic mass is 10.1. The van der Waals surface area contributed by atoms with Gasteiger partial charge in [-0.25, -0.2) is 14.6 Å². The van der Waals surface area contributed by atoms with Crippen LogP contribution in [0.4, 0.5) is 0 Å². The van der Waals surface area contributed by atoms with Gasteiger partial charge in [0, 0.05) is 17.5 Å². The molecule has 2 N–H and O–H groups in total. The number of nitrogens with zero attached hydrogens (tertiary/aromatic N) is 5. The van der Waals surface area contributed by atoms with E-state index >= 15 is 0 Å². The van der Waals surface area contributed by atoms with E-state index in [1.165, 1.54) is 11.0 Å². The van der Waals surface area contributed by atoms with E-state index in [2.05, 4.69) is 15.1 Å². The van der Waals surface area contributed by atoms with E-state index in [1.54, 1.807) is 0 Å². The first-order valence-corrected chi connectivity index (χ1v) is 5.72. The van der Waals surface area contributed by atoms with Gasteiger partial charge in [-0.15, -0.1) is 5.10 Å². The van der Waals surface area contributed by atoms with E-state index in [4.69, 9.17) is 11.0 Å². The molecule has 0 aliphatic rings. The van der Waals surface area contributed by atoms with Crippen LogP contribution in [0.25, 0.3) is 16.7 Å². The Morgan fingerprint density at radius 1 is 1.32 bits per heavy atom. The summed E-state index contributed by atoms with van der Waals surface area (Å²) in [5, 5.41) is 13.8. The summed E-state index contributed by atoms with van der Waals surface area (Å²) in [5.41, 5.74) is 7.46. The molecule has 0 saturated carbocycles. The molecule has 3 aromatic rings. The molecule has 0 saturated heterocycles. The Bertz CT molecular complexity index is 783. The Labute approximate surface area is 109 Å². The fourth-order valence-corrected chi connectivity index (χ4v) is 1.91. The minimum Gasteiger partial charge on any atom is -0.326 e. The van der Waals surface area contributed by atoms with Crippen molar-refractivity contribution in [1.29, 1.82) is 5.26 Å². The fraction of sp³-hybridized carbons (Fsp3) is 0.0769. The van der Waals surface area contributed by atoms with Crippen LogP contribution in [-0.2, 0) is 6.54 Å². The van der Waals surface area contributed by atoms with Crippen molar-refractivity contribution in [2.45, 2.75) is 6.54 Å². The van der Waals surface area contributed by atoms with Gasteiger partial charge in [-0.3, -0.25) is 0 Å². The van der Waals surface area contributed by atoms with Crippen molar-refractivity contribution in [3.05, 3.63) is 48.0 Å². The highest BCUT2D eigenvalue weighted by atomic mass is 15.4. The summed E-state index contributed by atoms with van der Waals surface area (Å²) < 4.78 is 1.48. The van der Waals surface area contributed by atoms with Crippen LogP contribution in [0.1, 0.15) is 11.4 Å². The van der Waals surface area contributed by atoms with Gasteiger partial charge < -0.3 is 5.73 Å². The summed E-state index contributed by atoms with van der Waals surface area (Å²) >= 11 is 0. The van der Waals surface area contributed by atoms with Crippen LogP contribution in [0, 0.1) is 11.3 Å². The molecule has 0 bridgehead atoms. The maximum absolute atomic E-state index is 8.76. The van der Waals surface area contributed by atoms with Crippen molar-refractivity contribution in [3.8, 4) is 11.9 Å². The number of para-hydroxylation sites is 1. The van der Waals surface area contributed by atoms with E-state index in [-0.39, 0.29) is 5.82 Å². The van der Waals surface area contributed by atoms with E-state index in [0.717, 1.165) is 16.5 Å². The quantitative estimate of drug-likeness (QED) is 0.736. The van der Waals surface area contributed by atoms with Crippen LogP contribution in [-0.4, -0.2) is 19.7 Å². The Balaban J connectivity index is 2.24. The fourth-order valence-electron chi connectivity index (χ4n) is 1.91. The number of fused-ring (bicyclic) bond motifs is 1. The molecule has 0 aliphatic carbocycles. The van der Waals surface area contributed by atoms with Gasteiger partial charge >= 0.3 is 0 Å². The highest BCUT2D eigenvalue weighted by Gasteiger charge is 2.10. The molecular formula is C13H10N6. The number of aromatic nitrogens is 4. The number of nitrogens with two attached hydrogens (primary N) is 1. The number of nitriles is 1. The van der Waals surface area contributed by atoms with E-state index in [0.29, 0.717) is 12.4 Å². The third-order valence-electron chi connectivity index (χ3n) is 2.81. The number of benzene rings is 1. The first-order valence-electron chi connectivity index (χ1n) is 5.72. The van der Waals surface area contributed by atoms with Crippen LogP contribution in [0.5, 0.6) is 0 Å². The summed E-state index contributed by atoms with van der Waals surface area (Å²) in [6, 6.07) is 11.6. The Morgan fingerprint density at radius 2 is 2.16 bits per heavy atom. The SMILES string of the molecule is N#Cc1ncn(-c2nc3ccccc3cc2CN)n1. The predicted octanol–water partition coefficient (Wildman–Crippen LogP) is 1.15. The minimum absolute atomic E-state index is 0.109. The topological polar surface area (TPSA) is 93.4 Å². The molecule has 0 aliphatic heterocycles. The van der Waals surface area contributed by atoms with Crippen molar-refractivity contribution in [3.63, 3.8) is 0 Å². The molecule has 3 rings (SSSR count). The maximum Gasteiger partial charge on any atom is 0.252 e. The molecular weight excluding hydrogens is 240 g/mol. The maximum atomic E-state index is 8.76. The van der Waals surface area contributed by atoms with Gasteiger partial charge in [-0.1, -0.05) is 18.2 Å². The summed E-state index contributed by atoms with van der Waals surface area (Å²) in [6.07, 6.45) is 1.47. The van der Waals surface area contributed by atoms with E-state index < -0.39 is 0 Å². The highest BCUT2D eigenvalue weighted by molar-refractivity contribution is 5.80. The second-order valence-corrected chi connectivity index (χ2v) is 3.99. The molecule has 1 aromatic carbocycles. The number of pyridine rings is 1. The van der Waals surface area contributed by atoms with Crippen molar-refractivity contribution in [2.75, 3.05) is 0 Å². The zero-order valence-electron chi connectivity index (χ0n) is 9.98. The number of rotatable bonds is 2. The van der Waals surface area contributed by atoms with Crippen LogP contribution >= 0.6 is 0 Å². The summed E-state index contributed by atoms with van der Waals surface area (Å²) in [7, 11) is 0. The molecule has 19 heavy (non-hydrogen) atoms. The Morgan fingerprint density at radius 3 is 2.89 bits per heavy atom. The van der Waals surface area contributed by atoms with Gasteiger partial charge in [-0.05, 0) is 12.1 Å². The molecule has 0 fully saturated rings. The first kappa shape index (κ1) is 11.3. The normalized spacial score (nSPS) is 10.5. The van der Waals surface area contributed by atoms with Crippen LogP contribution < -0.4 is 5.73 Å². The molecule has 0 unspecified atom stereocenters. The second kappa shape index (κ2) is 4.48. The molecule has 2 heterocycles. The highest BCUT2D eigenvalue weighted by Crippen LogP contribution is 2.18. The van der Waals surface area contributed by atoms with Gasteiger partial charge in [0.25, 0.3) is 5.82 Å². The van der Waals surface area contributed by atoms with Gasteiger partial charge in [-0.2, -0.15) is 5.26 Å². The molecule has 6 heteroatoms. The van der Waals surface area contributed by atoms with Crippen molar-refractivity contribution in [1.82, 2.24) is 19.7 Å². The largest absolute Gasteiger partial charge is 0.326 e. The van der Waals surface area contributed by atoms with E-state index in [9.17, 15) is 0 Å². The van der Waals surface area contributed by atoms with Gasteiger partial charge in [0.1, 0.15) is 12.4 Å². The van der Waals surface area contributed by atoms with E-state index in [1.807, 2.05) is 36.4 Å². The predicted molar refractivity (Wildman–Crippen MR) is 69.3 cm³/mol. The first-order chi connectivity index (χ1) is 9.31. The average molecular weight is 250 g/mol. The van der Waals surface area contributed by atoms with Crippen molar-refractivity contribution in [2.24, 2.45) is 5.73 Å². The third-order valence-corrected chi connectivity index (χ3v) is 2.81. The average Bonchev–Trinajstić information content (AvgIpc) is 2.94. The van der Waals surface area contributed by atoms with Crippen LogP contribution in [0.15, 0.2) is 36.7 Å². The standard InChI is InChI=1S/C13H10N6/c14-6-10-5-9-3-1-2-4-11(9)17-13(10)19-8-16-12(7-15)18-19/h1-5,8H,6,14H2. The molecule has 0 spiro atoms. The molecule has 6 nitrogen and oxygen atoms in total. The molecule has 0 atom stereocenters. The summed E-state index contributed by atoms with van der Waals surface area (Å²) in [4.78, 5) is 8.41. The Kier molecular flexibility index (Phi) is 2.67. The van der Waals surface area contributed by atoms with Gasteiger partial charge in [0.15, 0.2) is 5.82 Å². The summed E-state index contributed by atoms with van der Waals surface area (Å²) in [5.74, 6) is 0.716. The lowest BCUT2D eigenvalue weighted by molar-refractivity contribution is 0.824. The Hall–Kier alpha value is -2.78. The zero-order valence-corrected chi connectivity index (χ0v) is 9.98. The molecule has 92 valence electrons. The monoisotopic (exact) mass is 250 g/mol. The van der Waals surface area contributed by atoms with Crippen molar-refractivity contribution < 1.29 is 0 Å². The molecule has 0 amide bonds. The third kappa shape index (κ3) is 1.92. The van der Waals surface area contributed by atoms with Gasteiger partial charge in [0.2, 0.25) is 0 Å². The number of hydrogen-bond donors (Lipinski definition) is 1. The van der Waals surface area contributed by atoms with Crippen LogP contribution in [0.3, 0.4) is 0 Å². The molecule has 0 radical (unpaired) electrons. The lowest BCUT2D eigenvalue weighted by Crippen LogP contribution is -2.08. The summed E-state index contributed by atoms with van der Waals surface area (Å²) in [6.45, 7) is 0.342. The zero-order chi connectivity index (χ0) is 13.2. The lowest BCUT2D eigenvalue weighted by Gasteiger charge is -2.08.